The van der Waals surface area contributed by atoms with E-state index in [0.717, 1.165) is 39.0 Å². The average Bonchev–Trinajstić information content (AvgIpc) is 3.26. The number of rotatable bonds is 8. The molecule has 1 N–H and O–H groups in total. The van der Waals surface area contributed by atoms with Crippen LogP contribution in [0.25, 0.3) is 0 Å². The van der Waals surface area contributed by atoms with Crippen LogP contribution in [-0.4, -0.2) is 22.2 Å². The van der Waals surface area contributed by atoms with Crippen molar-refractivity contribution in [3.8, 4) is 5.75 Å². The van der Waals surface area contributed by atoms with Crippen molar-refractivity contribution in [1.29, 1.82) is 0 Å². The molecule has 0 fully saturated rings. The highest BCUT2D eigenvalue weighted by atomic mass is 79.9. The first kappa shape index (κ1) is 20.7. The van der Waals surface area contributed by atoms with Gasteiger partial charge in [0, 0.05) is 23.3 Å². The minimum absolute atomic E-state index is 0.232. The highest BCUT2D eigenvalue weighted by molar-refractivity contribution is 9.10. The number of nitrogens with zero attached hydrogens (tertiary/aromatic N) is 2. The lowest BCUT2D eigenvalue weighted by atomic mass is 10.3. The Hall–Kier alpha value is -2.06. The van der Waals surface area contributed by atoms with E-state index in [1.807, 2.05) is 42.8 Å². The zero-order chi connectivity index (χ0) is 20.1. The maximum absolute atomic E-state index is 12.2. The van der Waals surface area contributed by atoms with Crippen molar-refractivity contribution in [2.45, 2.75) is 33.4 Å². The molecule has 148 valence electrons. The second kappa shape index (κ2) is 9.43. The van der Waals surface area contributed by atoms with Gasteiger partial charge in [-0.25, -0.2) is 0 Å². The van der Waals surface area contributed by atoms with Crippen LogP contribution in [0.4, 0.5) is 0 Å². The quantitative estimate of drug-likeness (QED) is 0.432. The predicted octanol–water partition coefficient (Wildman–Crippen LogP) is 5.02. The fraction of sp³-hybridized carbons (Fsp3) is 0.300. The lowest BCUT2D eigenvalue weighted by Gasteiger charge is -2.06. The van der Waals surface area contributed by atoms with Crippen molar-refractivity contribution >= 4 is 37.8 Å². The Balaban J connectivity index is 1.43. The number of nitrogens with one attached hydrogen (secondary N) is 1. The van der Waals surface area contributed by atoms with Crippen LogP contribution < -0.4 is 10.1 Å². The molecule has 8 heteroatoms. The number of benzene rings is 1. The standard InChI is InChI=1S/C20H21Br2N3O3/c1-13-19(22)14(2)25(24-13)11-3-10-23-20(26)18-9-8-17(28-18)12-27-16-6-4-15(21)5-7-16/h4-9H,3,10-12H2,1-2H3,(H,23,26). The summed E-state index contributed by atoms with van der Waals surface area (Å²) in [6.45, 7) is 5.53. The van der Waals surface area contributed by atoms with Gasteiger partial charge >= 0.3 is 0 Å². The number of carbonyl (C=O) groups is 1. The lowest BCUT2D eigenvalue weighted by molar-refractivity contribution is 0.0921. The summed E-state index contributed by atoms with van der Waals surface area (Å²) in [5.74, 6) is 1.38. The molecule has 0 saturated heterocycles. The Morgan fingerprint density at radius 1 is 1.18 bits per heavy atom. The highest BCUT2D eigenvalue weighted by Crippen LogP contribution is 2.20. The first-order valence-electron chi connectivity index (χ1n) is 8.89. The van der Waals surface area contributed by atoms with Gasteiger partial charge in [-0.15, -0.1) is 0 Å². The minimum Gasteiger partial charge on any atom is -0.486 e. The van der Waals surface area contributed by atoms with E-state index in [0.29, 0.717) is 12.3 Å². The van der Waals surface area contributed by atoms with Gasteiger partial charge in [0.2, 0.25) is 0 Å². The van der Waals surface area contributed by atoms with E-state index in [9.17, 15) is 4.79 Å². The van der Waals surface area contributed by atoms with Crippen LogP contribution in [0.2, 0.25) is 0 Å². The fourth-order valence-electron chi connectivity index (χ4n) is 2.67. The average molecular weight is 511 g/mol. The number of ether oxygens (including phenoxy) is 1. The molecule has 0 aliphatic heterocycles. The van der Waals surface area contributed by atoms with Crippen LogP contribution in [0.15, 0.2) is 49.8 Å². The van der Waals surface area contributed by atoms with Gasteiger partial charge in [-0.2, -0.15) is 5.10 Å². The molecule has 0 bridgehead atoms. The number of halogens is 2. The van der Waals surface area contributed by atoms with E-state index >= 15 is 0 Å². The van der Waals surface area contributed by atoms with Crippen molar-refractivity contribution in [1.82, 2.24) is 15.1 Å². The number of aromatic nitrogens is 2. The van der Waals surface area contributed by atoms with Crippen LogP contribution in [-0.2, 0) is 13.2 Å². The fourth-order valence-corrected chi connectivity index (χ4v) is 3.22. The zero-order valence-corrected chi connectivity index (χ0v) is 18.8. The molecule has 0 unspecified atom stereocenters. The van der Waals surface area contributed by atoms with E-state index in [-0.39, 0.29) is 18.3 Å². The Bertz CT molecular complexity index is 948. The summed E-state index contributed by atoms with van der Waals surface area (Å²) in [4.78, 5) is 12.2. The molecular weight excluding hydrogens is 490 g/mol. The van der Waals surface area contributed by atoms with Crippen LogP contribution in [0.3, 0.4) is 0 Å². The van der Waals surface area contributed by atoms with E-state index in [4.69, 9.17) is 9.15 Å². The number of aryl methyl sites for hydroxylation is 2. The second-order valence-electron chi connectivity index (χ2n) is 6.33. The molecule has 0 spiro atoms. The Morgan fingerprint density at radius 2 is 1.93 bits per heavy atom. The molecule has 2 aromatic heterocycles. The molecule has 0 radical (unpaired) electrons. The third-order valence-corrected chi connectivity index (χ3v) is 5.88. The van der Waals surface area contributed by atoms with Crippen molar-refractivity contribution in [3.05, 3.63) is 68.3 Å². The molecule has 1 amide bonds. The molecule has 0 aliphatic carbocycles. The number of hydrogen-bond acceptors (Lipinski definition) is 4. The van der Waals surface area contributed by atoms with Crippen molar-refractivity contribution in [2.24, 2.45) is 0 Å². The summed E-state index contributed by atoms with van der Waals surface area (Å²) < 4.78 is 15.2. The summed E-state index contributed by atoms with van der Waals surface area (Å²) in [6, 6.07) is 10.9. The van der Waals surface area contributed by atoms with Crippen LogP contribution in [0.1, 0.15) is 34.1 Å². The van der Waals surface area contributed by atoms with Crippen molar-refractivity contribution in [2.75, 3.05) is 6.54 Å². The highest BCUT2D eigenvalue weighted by Gasteiger charge is 2.12. The number of carbonyl (C=O) groups excluding carboxylic acids is 1. The van der Waals surface area contributed by atoms with Gasteiger partial charge in [0.05, 0.1) is 10.2 Å². The summed E-state index contributed by atoms with van der Waals surface area (Å²) >= 11 is 6.90. The Kier molecular flexibility index (Phi) is 6.96. The molecule has 3 rings (SSSR count). The summed E-state index contributed by atoms with van der Waals surface area (Å²) in [7, 11) is 0. The maximum Gasteiger partial charge on any atom is 0.286 e. The SMILES string of the molecule is Cc1nn(CCCNC(=O)c2ccc(COc3ccc(Br)cc3)o2)c(C)c1Br. The monoisotopic (exact) mass is 509 g/mol. The molecule has 2 heterocycles. The molecule has 0 aliphatic rings. The minimum atomic E-state index is -0.232. The van der Waals surface area contributed by atoms with E-state index in [1.165, 1.54) is 0 Å². The van der Waals surface area contributed by atoms with Gasteiger partial charge in [-0.1, -0.05) is 15.9 Å². The van der Waals surface area contributed by atoms with E-state index in [2.05, 4.69) is 42.3 Å². The largest absolute Gasteiger partial charge is 0.486 e. The maximum atomic E-state index is 12.2. The second-order valence-corrected chi connectivity index (χ2v) is 8.03. The summed E-state index contributed by atoms with van der Waals surface area (Å²) in [5.41, 5.74) is 2.06. The molecular formula is C20H21Br2N3O3. The first-order valence-corrected chi connectivity index (χ1v) is 10.5. The van der Waals surface area contributed by atoms with Gasteiger partial charge in [0.25, 0.3) is 5.91 Å². The molecule has 1 aromatic carbocycles. The molecule has 3 aromatic rings. The third-order valence-electron chi connectivity index (χ3n) is 4.21. The van der Waals surface area contributed by atoms with Crippen LogP contribution >= 0.6 is 31.9 Å². The summed E-state index contributed by atoms with van der Waals surface area (Å²) in [6.07, 6.45) is 0.778. The van der Waals surface area contributed by atoms with Gasteiger partial charge in [0.1, 0.15) is 18.1 Å². The predicted molar refractivity (Wildman–Crippen MR) is 114 cm³/mol. The summed E-state index contributed by atoms with van der Waals surface area (Å²) in [5, 5.41) is 7.33. The molecule has 6 nitrogen and oxygen atoms in total. The normalized spacial score (nSPS) is 10.9. The number of amides is 1. The topological polar surface area (TPSA) is 69.3 Å². The van der Waals surface area contributed by atoms with Gasteiger partial charge < -0.3 is 14.5 Å². The van der Waals surface area contributed by atoms with Crippen LogP contribution in [0.5, 0.6) is 5.75 Å². The molecule has 28 heavy (non-hydrogen) atoms. The lowest BCUT2D eigenvalue weighted by Crippen LogP contribution is -2.25. The molecule has 0 atom stereocenters. The smallest absolute Gasteiger partial charge is 0.286 e. The van der Waals surface area contributed by atoms with Gasteiger partial charge in [-0.05, 0) is 72.6 Å². The molecule has 0 saturated carbocycles. The number of furan rings is 1. The van der Waals surface area contributed by atoms with Gasteiger partial charge in [0.15, 0.2) is 5.76 Å². The van der Waals surface area contributed by atoms with Crippen molar-refractivity contribution in [3.63, 3.8) is 0 Å². The van der Waals surface area contributed by atoms with E-state index < -0.39 is 0 Å². The van der Waals surface area contributed by atoms with Crippen LogP contribution in [0, 0.1) is 13.8 Å². The van der Waals surface area contributed by atoms with Crippen molar-refractivity contribution < 1.29 is 13.9 Å². The van der Waals surface area contributed by atoms with Gasteiger partial charge in [-0.3, -0.25) is 9.48 Å². The Labute approximate surface area is 180 Å². The number of hydrogen-bond donors (Lipinski definition) is 1. The van der Waals surface area contributed by atoms with E-state index in [1.54, 1.807) is 12.1 Å². The first-order chi connectivity index (χ1) is 13.4. The zero-order valence-electron chi connectivity index (χ0n) is 15.7. The third kappa shape index (κ3) is 5.26. The Morgan fingerprint density at radius 3 is 2.61 bits per heavy atom.